The summed E-state index contributed by atoms with van der Waals surface area (Å²) in [6.07, 6.45) is -0.519. The molecule has 0 spiro atoms. The molecule has 0 saturated heterocycles. The van der Waals surface area contributed by atoms with Gasteiger partial charge >= 0.3 is 0 Å². The Balaban J connectivity index is 2.19. The van der Waals surface area contributed by atoms with Crippen molar-refractivity contribution in [1.82, 2.24) is 0 Å². The first kappa shape index (κ1) is 13.6. The first-order valence-corrected chi connectivity index (χ1v) is 6.54. The molecule has 0 heterocycles. The largest absolute Gasteiger partial charge is 0.489 e. The Morgan fingerprint density at radius 1 is 1.00 bits per heavy atom. The minimum atomic E-state index is -0.519. The summed E-state index contributed by atoms with van der Waals surface area (Å²) in [5, 5.41) is 9.73. The summed E-state index contributed by atoms with van der Waals surface area (Å²) in [6, 6.07) is 13.9. The maximum Gasteiger partial charge on any atom is 0.125 e. The van der Waals surface area contributed by atoms with Gasteiger partial charge in [-0.15, -0.1) is 0 Å². The van der Waals surface area contributed by atoms with Crippen LogP contribution in [-0.4, -0.2) is 5.11 Å². The molecule has 0 aliphatic rings. The molecular formula is C17H20O2. The second-order valence-corrected chi connectivity index (χ2v) is 4.87. The van der Waals surface area contributed by atoms with E-state index in [9.17, 15) is 5.11 Å². The fourth-order valence-electron chi connectivity index (χ4n) is 2.18. The highest BCUT2D eigenvalue weighted by Gasteiger charge is 2.09. The van der Waals surface area contributed by atoms with Gasteiger partial charge in [-0.05, 0) is 43.5 Å². The maximum absolute atomic E-state index is 9.73. The van der Waals surface area contributed by atoms with Crippen molar-refractivity contribution < 1.29 is 9.84 Å². The van der Waals surface area contributed by atoms with Gasteiger partial charge in [-0.25, -0.2) is 0 Å². The number of benzene rings is 2. The van der Waals surface area contributed by atoms with Gasteiger partial charge in [0.25, 0.3) is 0 Å². The molecule has 2 aromatic carbocycles. The minimum absolute atomic E-state index is 0.519. The minimum Gasteiger partial charge on any atom is -0.489 e. The van der Waals surface area contributed by atoms with Gasteiger partial charge in [0.1, 0.15) is 12.4 Å². The zero-order valence-electron chi connectivity index (χ0n) is 11.7. The summed E-state index contributed by atoms with van der Waals surface area (Å²) in [5.41, 5.74) is 4.50. The molecule has 100 valence electrons. The molecule has 0 aromatic heterocycles. The van der Waals surface area contributed by atoms with Gasteiger partial charge < -0.3 is 9.84 Å². The second-order valence-electron chi connectivity index (χ2n) is 4.87. The number of ether oxygens (including phenoxy) is 1. The molecule has 0 aliphatic carbocycles. The first-order chi connectivity index (χ1) is 9.09. The van der Waals surface area contributed by atoms with Gasteiger partial charge in [0.2, 0.25) is 0 Å². The average Bonchev–Trinajstić information content (AvgIpc) is 2.38. The van der Waals surface area contributed by atoms with Gasteiger partial charge in [0.15, 0.2) is 0 Å². The Bertz CT molecular complexity index is 539. The van der Waals surface area contributed by atoms with Crippen LogP contribution in [0.2, 0.25) is 0 Å². The molecule has 1 unspecified atom stereocenters. The summed E-state index contributed by atoms with van der Waals surface area (Å²) in [4.78, 5) is 0. The highest BCUT2D eigenvalue weighted by molar-refractivity contribution is 5.37. The first-order valence-electron chi connectivity index (χ1n) is 6.54. The summed E-state index contributed by atoms with van der Waals surface area (Å²) < 4.78 is 5.89. The Hall–Kier alpha value is -1.80. The van der Waals surface area contributed by atoms with Crippen LogP contribution in [0.5, 0.6) is 5.75 Å². The van der Waals surface area contributed by atoms with Crippen molar-refractivity contribution in [3.8, 4) is 5.75 Å². The van der Waals surface area contributed by atoms with E-state index in [0.29, 0.717) is 6.61 Å². The predicted molar refractivity (Wildman–Crippen MR) is 77.3 cm³/mol. The molecule has 2 rings (SSSR count). The molecule has 0 bridgehead atoms. The Morgan fingerprint density at radius 2 is 1.63 bits per heavy atom. The molecule has 19 heavy (non-hydrogen) atoms. The van der Waals surface area contributed by atoms with Gasteiger partial charge in [-0.3, -0.25) is 0 Å². The normalized spacial score (nSPS) is 12.2. The van der Waals surface area contributed by atoms with E-state index in [1.165, 1.54) is 16.7 Å². The van der Waals surface area contributed by atoms with Gasteiger partial charge in [-0.1, -0.05) is 36.4 Å². The van der Waals surface area contributed by atoms with E-state index in [2.05, 4.69) is 32.0 Å². The van der Waals surface area contributed by atoms with Crippen LogP contribution in [0.3, 0.4) is 0 Å². The fourth-order valence-corrected chi connectivity index (χ4v) is 2.18. The molecular weight excluding hydrogens is 236 g/mol. The summed E-state index contributed by atoms with van der Waals surface area (Å²) in [5.74, 6) is 0.750. The number of hydrogen-bond acceptors (Lipinski definition) is 2. The molecule has 1 N–H and O–H groups in total. The van der Waals surface area contributed by atoms with Crippen molar-refractivity contribution >= 4 is 0 Å². The Kier molecular flexibility index (Phi) is 4.23. The topological polar surface area (TPSA) is 29.5 Å². The lowest BCUT2D eigenvalue weighted by Crippen LogP contribution is -2.03. The van der Waals surface area contributed by atoms with Crippen LogP contribution in [0.1, 0.15) is 35.3 Å². The fraction of sp³-hybridized carbons (Fsp3) is 0.294. The van der Waals surface area contributed by atoms with E-state index in [-0.39, 0.29) is 0 Å². The third-order valence-electron chi connectivity index (χ3n) is 3.39. The van der Waals surface area contributed by atoms with Crippen LogP contribution in [0.4, 0.5) is 0 Å². The number of aryl methyl sites for hydroxylation is 2. The van der Waals surface area contributed by atoms with Crippen LogP contribution < -0.4 is 4.74 Å². The van der Waals surface area contributed by atoms with Crippen LogP contribution in [0.25, 0.3) is 0 Å². The molecule has 2 heteroatoms. The summed E-state index contributed by atoms with van der Waals surface area (Å²) >= 11 is 0. The van der Waals surface area contributed by atoms with E-state index in [4.69, 9.17) is 4.74 Å². The lowest BCUT2D eigenvalue weighted by atomic mass is 10.0. The summed E-state index contributed by atoms with van der Waals surface area (Å²) in [6.45, 7) is 6.46. The van der Waals surface area contributed by atoms with E-state index in [1.807, 2.05) is 24.3 Å². The second kappa shape index (κ2) is 5.89. The Morgan fingerprint density at radius 3 is 2.26 bits per heavy atom. The molecule has 0 saturated carbocycles. The van der Waals surface area contributed by atoms with Crippen molar-refractivity contribution in [2.24, 2.45) is 0 Å². The van der Waals surface area contributed by atoms with Crippen LogP contribution in [-0.2, 0) is 6.61 Å². The third kappa shape index (κ3) is 3.15. The van der Waals surface area contributed by atoms with Crippen LogP contribution in [0, 0.1) is 13.8 Å². The SMILES string of the molecule is Cc1cccc(C)c1COc1ccccc1C(C)O. The van der Waals surface area contributed by atoms with Gasteiger partial charge in [-0.2, -0.15) is 0 Å². The van der Waals surface area contributed by atoms with Crippen molar-refractivity contribution in [2.75, 3.05) is 0 Å². The third-order valence-corrected chi connectivity index (χ3v) is 3.39. The number of aliphatic hydroxyl groups is 1. The molecule has 0 radical (unpaired) electrons. The number of para-hydroxylation sites is 1. The molecule has 2 aromatic rings. The monoisotopic (exact) mass is 256 g/mol. The molecule has 2 nitrogen and oxygen atoms in total. The van der Waals surface area contributed by atoms with E-state index in [0.717, 1.165) is 11.3 Å². The highest BCUT2D eigenvalue weighted by atomic mass is 16.5. The van der Waals surface area contributed by atoms with E-state index in [1.54, 1.807) is 6.92 Å². The van der Waals surface area contributed by atoms with Gasteiger partial charge in [0.05, 0.1) is 6.10 Å². The molecule has 0 aliphatic heterocycles. The lowest BCUT2D eigenvalue weighted by molar-refractivity contribution is 0.190. The van der Waals surface area contributed by atoms with Crippen molar-refractivity contribution in [1.29, 1.82) is 0 Å². The molecule has 1 atom stereocenters. The smallest absolute Gasteiger partial charge is 0.125 e. The number of hydrogen-bond donors (Lipinski definition) is 1. The van der Waals surface area contributed by atoms with Gasteiger partial charge in [0, 0.05) is 5.56 Å². The Labute approximate surface area is 114 Å². The molecule has 0 amide bonds. The van der Waals surface area contributed by atoms with Crippen molar-refractivity contribution in [2.45, 2.75) is 33.5 Å². The van der Waals surface area contributed by atoms with E-state index < -0.39 is 6.10 Å². The zero-order chi connectivity index (χ0) is 13.8. The average molecular weight is 256 g/mol. The zero-order valence-corrected chi connectivity index (χ0v) is 11.7. The lowest BCUT2D eigenvalue weighted by Gasteiger charge is -2.15. The standard InChI is InChI=1S/C17H20O2/c1-12-7-6-8-13(2)16(12)11-19-17-10-5-4-9-15(17)14(3)18/h4-10,14,18H,11H2,1-3H3. The maximum atomic E-state index is 9.73. The quantitative estimate of drug-likeness (QED) is 0.898. The van der Waals surface area contributed by atoms with Crippen molar-refractivity contribution in [3.05, 3.63) is 64.7 Å². The van der Waals surface area contributed by atoms with Crippen molar-refractivity contribution in [3.63, 3.8) is 0 Å². The predicted octanol–water partition coefficient (Wildman–Crippen LogP) is 3.94. The number of rotatable bonds is 4. The van der Waals surface area contributed by atoms with Crippen LogP contribution in [0.15, 0.2) is 42.5 Å². The number of aliphatic hydroxyl groups excluding tert-OH is 1. The van der Waals surface area contributed by atoms with Crippen LogP contribution >= 0.6 is 0 Å². The highest BCUT2D eigenvalue weighted by Crippen LogP contribution is 2.26. The summed E-state index contributed by atoms with van der Waals surface area (Å²) in [7, 11) is 0. The molecule has 0 fully saturated rings. The van der Waals surface area contributed by atoms with E-state index >= 15 is 0 Å².